The minimum absolute atomic E-state index is 0.0480. The van der Waals surface area contributed by atoms with Gasteiger partial charge in [0.2, 0.25) is 10.0 Å². The summed E-state index contributed by atoms with van der Waals surface area (Å²) >= 11 is 3.40. The van der Waals surface area contributed by atoms with Crippen LogP contribution in [0.5, 0.6) is 11.5 Å². The van der Waals surface area contributed by atoms with Gasteiger partial charge < -0.3 is 14.4 Å². The summed E-state index contributed by atoms with van der Waals surface area (Å²) in [7, 11) is -0.996. The van der Waals surface area contributed by atoms with E-state index in [0.717, 1.165) is 10.0 Å². The van der Waals surface area contributed by atoms with Crippen molar-refractivity contribution in [1.29, 1.82) is 5.26 Å². The number of methoxy groups -OCH3 is 2. The number of likely N-dealkylation sites (tertiary alicyclic amines) is 1. The average Bonchev–Trinajstić information content (AvgIpc) is 3.21. The number of ether oxygens (including phenoxy) is 2. The van der Waals surface area contributed by atoms with Gasteiger partial charge in [0.25, 0.3) is 0 Å². The van der Waals surface area contributed by atoms with E-state index in [2.05, 4.69) is 22.1 Å². The van der Waals surface area contributed by atoms with Gasteiger partial charge in [-0.05, 0) is 36.2 Å². The summed E-state index contributed by atoms with van der Waals surface area (Å²) in [5.41, 5.74) is 0.856. The van der Waals surface area contributed by atoms with Crippen molar-refractivity contribution in [2.45, 2.75) is 23.9 Å². The first kappa shape index (κ1) is 21.4. The highest BCUT2D eigenvalue weighted by atomic mass is 79.9. The van der Waals surface area contributed by atoms with Crippen LogP contribution >= 0.6 is 15.9 Å². The Labute approximate surface area is 179 Å². The van der Waals surface area contributed by atoms with Crippen LogP contribution in [0.1, 0.15) is 12.0 Å². The fourth-order valence-corrected chi connectivity index (χ4v) is 5.43. The normalized spacial score (nSPS) is 16.7. The summed E-state index contributed by atoms with van der Waals surface area (Å²) in [5.74, 6) is 0.680. The van der Waals surface area contributed by atoms with Gasteiger partial charge in [-0.3, -0.25) is 0 Å². The maximum Gasteiger partial charge on any atom is 0.247 e. The molecular formula is C20H22BrN3O4S. The molecule has 0 unspecified atom stereocenters. The fourth-order valence-electron chi connectivity index (χ4n) is 3.36. The van der Waals surface area contributed by atoms with E-state index in [4.69, 9.17) is 9.47 Å². The van der Waals surface area contributed by atoms with Gasteiger partial charge in [0, 0.05) is 36.2 Å². The van der Waals surface area contributed by atoms with E-state index >= 15 is 0 Å². The van der Waals surface area contributed by atoms with Crippen LogP contribution in [0.15, 0.2) is 51.8 Å². The lowest BCUT2D eigenvalue weighted by molar-refractivity contribution is 0.311. The van der Waals surface area contributed by atoms with Crippen LogP contribution in [-0.2, 0) is 16.6 Å². The quantitative estimate of drug-likeness (QED) is 0.566. The van der Waals surface area contributed by atoms with Gasteiger partial charge in [-0.15, -0.1) is 0 Å². The minimum atomic E-state index is -3.92. The predicted octanol–water partition coefficient (Wildman–Crippen LogP) is 3.21. The molecule has 1 saturated heterocycles. The van der Waals surface area contributed by atoms with E-state index in [1.807, 2.05) is 24.3 Å². The van der Waals surface area contributed by atoms with Gasteiger partial charge in [-0.25, -0.2) is 8.42 Å². The Balaban J connectivity index is 2.04. The van der Waals surface area contributed by atoms with Crippen LogP contribution in [0.2, 0.25) is 0 Å². The van der Waals surface area contributed by atoms with Crippen molar-refractivity contribution in [3.8, 4) is 17.7 Å². The van der Waals surface area contributed by atoms with Crippen molar-refractivity contribution in [3.63, 3.8) is 0 Å². The molecule has 1 aliphatic rings. The fraction of sp³-hybridized carbons (Fsp3) is 0.350. The van der Waals surface area contributed by atoms with E-state index in [-0.39, 0.29) is 23.2 Å². The summed E-state index contributed by atoms with van der Waals surface area (Å²) in [6.07, 6.45) is 2.69. The molecule has 29 heavy (non-hydrogen) atoms. The molecule has 1 fully saturated rings. The minimum Gasteiger partial charge on any atom is -0.497 e. The Hall–Kier alpha value is -2.28. The number of nitrogens with zero attached hydrogens (tertiary/aromatic N) is 3. The number of rotatable bonds is 7. The van der Waals surface area contributed by atoms with Crippen LogP contribution in [0, 0.1) is 11.5 Å². The molecule has 1 aliphatic heterocycles. The molecule has 0 saturated carbocycles. The Morgan fingerprint density at radius 2 is 1.93 bits per heavy atom. The van der Waals surface area contributed by atoms with Crippen LogP contribution in [0.4, 0.5) is 0 Å². The predicted molar refractivity (Wildman–Crippen MR) is 112 cm³/mol. The molecule has 0 aromatic heterocycles. The summed E-state index contributed by atoms with van der Waals surface area (Å²) in [5, 5.41) is 9.22. The average molecular weight is 480 g/mol. The van der Waals surface area contributed by atoms with Gasteiger partial charge in [0.15, 0.2) is 6.19 Å². The SMILES string of the molecule is COc1ccc(OC)c(S(=O)(=O)N(Cc2ccc(Br)cc2)[C@@H]2CCN(C#N)C2)c1. The lowest BCUT2D eigenvalue weighted by Crippen LogP contribution is -2.41. The third-order valence-electron chi connectivity index (χ3n) is 4.92. The molecule has 2 aromatic carbocycles. The topological polar surface area (TPSA) is 82.9 Å². The third-order valence-corrected chi connectivity index (χ3v) is 7.37. The van der Waals surface area contributed by atoms with Crippen molar-refractivity contribution >= 4 is 26.0 Å². The zero-order chi connectivity index (χ0) is 21.0. The summed E-state index contributed by atoms with van der Waals surface area (Å²) in [4.78, 5) is 1.63. The monoisotopic (exact) mass is 479 g/mol. The van der Waals surface area contributed by atoms with Crippen LogP contribution in [0.25, 0.3) is 0 Å². The van der Waals surface area contributed by atoms with E-state index in [1.54, 1.807) is 17.0 Å². The maximum atomic E-state index is 13.7. The first-order chi connectivity index (χ1) is 13.9. The molecule has 0 amide bonds. The van der Waals surface area contributed by atoms with Crippen molar-refractivity contribution < 1.29 is 17.9 Å². The second-order valence-corrected chi connectivity index (χ2v) is 9.46. The lowest BCUT2D eigenvalue weighted by Gasteiger charge is -2.28. The number of sulfonamides is 1. The Kier molecular flexibility index (Phi) is 6.67. The van der Waals surface area contributed by atoms with Crippen molar-refractivity contribution in [2.24, 2.45) is 0 Å². The van der Waals surface area contributed by atoms with Crippen molar-refractivity contribution in [1.82, 2.24) is 9.21 Å². The zero-order valence-electron chi connectivity index (χ0n) is 16.2. The molecule has 9 heteroatoms. The summed E-state index contributed by atoms with van der Waals surface area (Å²) < 4.78 is 40.4. The smallest absolute Gasteiger partial charge is 0.247 e. The highest BCUT2D eigenvalue weighted by Crippen LogP contribution is 2.34. The third kappa shape index (κ3) is 4.66. The summed E-state index contributed by atoms with van der Waals surface area (Å²) in [6.45, 7) is 1.08. The van der Waals surface area contributed by atoms with Crippen LogP contribution < -0.4 is 9.47 Å². The van der Waals surface area contributed by atoms with Gasteiger partial charge in [-0.1, -0.05) is 28.1 Å². The van der Waals surface area contributed by atoms with Gasteiger partial charge in [-0.2, -0.15) is 9.57 Å². The zero-order valence-corrected chi connectivity index (χ0v) is 18.6. The van der Waals surface area contributed by atoms with E-state index in [1.165, 1.54) is 24.6 Å². The highest BCUT2D eigenvalue weighted by Gasteiger charge is 2.37. The molecule has 3 rings (SSSR count). The molecule has 0 radical (unpaired) electrons. The number of hydrogen-bond donors (Lipinski definition) is 0. The van der Waals surface area contributed by atoms with Gasteiger partial charge in [0.1, 0.15) is 16.4 Å². The first-order valence-electron chi connectivity index (χ1n) is 9.02. The number of benzene rings is 2. The van der Waals surface area contributed by atoms with E-state index in [9.17, 15) is 13.7 Å². The van der Waals surface area contributed by atoms with Gasteiger partial charge in [0.05, 0.1) is 14.2 Å². The number of nitriles is 1. The number of hydrogen-bond acceptors (Lipinski definition) is 6. The molecule has 0 bridgehead atoms. The molecule has 0 aliphatic carbocycles. The standard InChI is InChI=1S/C20H22BrN3O4S/c1-27-18-7-8-19(28-2)20(11-18)29(25,26)24(17-9-10-23(13-17)14-22)12-15-3-5-16(21)6-4-15/h3-8,11,17H,9-10,12-13H2,1-2H3/t17-/m1/s1. The Bertz CT molecular complexity index is 1010. The van der Waals surface area contributed by atoms with Crippen LogP contribution in [0.3, 0.4) is 0 Å². The maximum absolute atomic E-state index is 13.7. The molecule has 0 spiro atoms. The molecule has 1 heterocycles. The summed E-state index contributed by atoms with van der Waals surface area (Å²) in [6, 6.07) is 11.9. The largest absolute Gasteiger partial charge is 0.497 e. The van der Waals surface area contributed by atoms with E-state index in [0.29, 0.717) is 25.3 Å². The van der Waals surface area contributed by atoms with Crippen molar-refractivity contribution in [3.05, 3.63) is 52.5 Å². The molecule has 2 aromatic rings. The van der Waals surface area contributed by atoms with E-state index < -0.39 is 10.0 Å². The Morgan fingerprint density at radius 3 is 2.52 bits per heavy atom. The second kappa shape index (κ2) is 9.03. The molecule has 0 N–H and O–H groups in total. The lowest BCUT2D eigenvalue weighted by atomic mass is 10.2. The first-order valence-corrected chi connectivity index (χ1v) is 11.3. The molecule has 154 valence electrons. The molecular weight excluding hydrogens is 458 g/mol. The highest BCUT2D eigenvalue weighted by molar-refractivity contribution is 9.10. The number of halogens is 1. The second-order valence-electron chi connectivity index (χ2n) is 6.68. The molecule has 7 nitrogen and oxygen atoms in total. The van der Waals surface area contributed by atoms with Crippen LogP contribution in [-0.4, -0.2) is 51.0 Å². The molecule has 1 atom stereocenters. The van der Waals surface area contributed by atoms with Crippen molar-refractivity contribution in [2.75, 3.05) is 27.3 Å². The van der Waals surface area contributed by atoms with Gasteiger partial charge >= 0.3 is 0 Å². The Morgan fingerprint density at radius 1 is 1.21 bits per heavy atom.